The van der Waals surface area contributed by atoms with Crippen LogP contribution in [-0.2, 0) is 9.59 Å². The van der Waals surface area contributed by atoms with Gasteiger partial charge in [0, 0.05) is 12.5 Å². The number of halogens is 1. The molecule has 0 heterocycles. The number of amides is 1. The van der Waals surface area contributed by atoms with Crippen molar-refractivity contribution < 1.29 is 19.1 Å². The van der Waals surface area contributed by atoms with Crippen LogP contribution in [0.15, 0.2) is 48.5 Å². The van der Waals surface area contributed by atoms with Gasteiger partial charge < -0.3 is 10.4 Å². The molecule has 3 rings (SSSR count). The third-order valence-corrected chi connectivity index (χ3v) is 4.65. The Morgan fingerprint density at radius 2 is 1.96 bits per heavy atom. The minimum absolute atomic E-state index is 0.00314. The molecule has 1 aliphatic carbocycles. The highest BCUT2D eigenvalue weighted by atomic mass is 19.1. The number of carboxylic acid groups (broad SMARTS) is 1. The lowest BCUT2D eigenvalue weighted by molar-refractivity contribution is -0.138. The SMILES string of the molecule is Cc1cccc([C@@H]2C[C@H]2C(=O)NCC(C(=O)O)c2ccc(F)cc2)c1. The molecule has 1 amide bonds. The maximum absolute atomic E-state index is 13.0. The lowest BCUT2D eigenvalue weighted by Gasteiger charge is -2.14. The molecule has 0 aromatic heterocycles. The fourth-order valence-corrected chi connectivity index (χ4v) is 3.13. The van der Waals surface area contributed by atoms with Crippen molar-refractivity contribution in [3.63, 3.8) is 0 Å². The van der Waals surface area contributed by atoms with Crippen LogP contribution >= 0.6 is 0 Å². The number of carbonyl (C=O) groups is 2. The molecule has 4 nitrogen and oxygen atoms in total. The maximum Gasteiger partial charge on any atom is 0.312 e. The van der Waals surface area contributed by atoms with Crippen LogP contribution < -0.4 is 5.32 Å². The highest BCUT2D eigenvalue weighted by Gasteiger charge is 2.44. The first-order valence-corrected chi connectivity index (χ1v) is 8.28. The summed E-state index contributed by atoms with van der Waals surface area (Å²) in [5.74, 6) is -2.38. The quantitative estimate of drug-likeness (QED) is 0.848. The van der Waals surface area contributed by atoms with Gasteiger partial charge in [0.1, 0.15) is 5.82 Å². The molecule has 2 aromatic rings. The Morgan fingerprint density at radius 1 is 1.24 bits per heavy atom. The first-order chi connectivity index (χ1) is 12.0. The van der Waals surface area contributed by atoms with Gasteiger partial charge in [0.2, 0.25) is 5.91 Å². The van der Waals surface area contributed by atoms with Gasteiger partial charge in [-0.2, -0.15) is 0 Å². The summed E-state index contributed by atoms with van der Waals surface area (Å²) in [6.07, 6.45) is 0.781. The molecule has 3 atom stereocenters. The molecule has 1 unspecified atom stereocenters. The Morgan fingerprint density at radius 3 is 2.60 bits per heavy atom. The summed E-state index contributed by atoms with van der Waals surface area (Å²) in [6.45, 7) is 2.01. The van der Waals surface area contributed by atoms with Crippen molar-refractivity contribution in [1.82, 2.24) is 5.32 Å². The van der Waals surface area contributed by atoms with E-state index in [2.05, 4.69) is 11.4 Å². The summed E-state index contributed by atoms with van der Waals surface area (Å²) < 4.78 is 13.0. The van der Waals surface area contributed by atoms with Crippen LogP contribution in [0.1, 0.15) is 34.9 Å². The van der Waals surface area contributed by atoms with E-state index >= 15 is 0 Å². The molecular formula is C20H20FNO3. The second-order valence-electron chi connectivity index (χ2n) is 6.55. The van der Waals surface area contributed by atoms with E-state index in [9.17, 15) is 19.1 Å². The summed E-state index contributed by atoms with van der Waals surface area (Å²) in [4.78, 5) is 23.8. The average Bonchev–Trinajstić information content (AvgIpc) is 3.37. The minimum Gasteiger partial charge on any atom is -0.481 e. The van der Waals surface area contributed by atoms with Crippen molar-refractivity contribution in [2.75, 3.05) is 6.54 Å². The number of benzene rings is 2. The Hall–Kier alpha value is -2.69. The van der Waals surface area contributed by atoms with Gasteiger partial charge in [0.15, 0.2) is 0 Å². The van der Waals surface area contributed by atoms with Crippen LogP contribution in [0.5, 0.6) is 0 Å². The van der Waals surface area contributed by atoms with Gasteiger partial charge in [-0.25, -0.2) is 4.39 Å². The third-order valence-electron chi connectivity index (χ3n) is 4.65. The zero-order valence-corrected chi connectivity index (χ0v) is 13.9. The van der Waals surface area contributed by atoms with Gasteiger partial charge >= 0.3 is 5.97 Å². The fraction of sp³-hybridized carbons (Fsp3) is 0.300. The minimum atomic E-state index is -1.04. The number of rotatable bonds is 6. The third kappa shape index (κ3) is 4.05. The van der Waals surface area contributed by atoms with E-state index in [1.165, 1.54) is 24.3 Å². The van der Waals surface area contributed by atoms with Crippen molar-refractivity contribution in [3.05, 3.63) is 71.0 Å². The molecule has 0 saturated heterocycles. The van der Waals surface area contributed by atoms with Crippen LogP contribution in [0.2, 0.25) is 0 Å². The van der Waals surface area contributed by atoms with Gasteiger partial charge in [0.05, 0.1) is 5.92 Å². The van der Waals surface area contributed by atoms with E-state index in [1.807, 2.05) is 25.1 Å². The number of hydrogen-bond acceptors (Lipinski definition) is 2. The molecule has 2 aromatic carbocycles. The average molecular weight is 341 g/mol. The lowest BCUT2D eigenvalue weighted by atomic mass is 9.99. The zero-order chi connectivity index (χ0) is 18.0. The van der Waals surface area contributed by atoms with Crippen molar-refractivity contribution >= 4 is 11.9 Å². The second kappa shape index (κ2) is 7.05. The number of carboxylic acids is 1. The van der Waals surface area contributed by atoms with Gasteiger partial charge in [-0.1, -0.05) is 42.0 Å². The van der Waals surface area contributed by atoms with E-state index in [4.69, 9.17) is 0 Å². The van der Waals surface area contributed by atoms with Crippen LogP contribution in [0.25, 0.3) is 0 Å². The molecule has 5 heteroatoms. The smallest absolute Gasteiger partial charge is 0.312 e. The van der Waals surface area contributed by atoms with Crippen LogP contribution in [0, 0.1) is 18.7 Å². The Kier molecular flexibility index (Phi) is 4.83. The second-order valence-corrected chi connectivity index (χ2v) is 6.55. The Bertz CT molecular complexity index is 788. The highest BCUT2D eigenvalue weighted by molar-refractivity contribution is 5.84. The molecule has 1 aliphatic rings. The molecule has 130 valence electrons. The van der Waals surface area contributed by atoms with Crippen LogP contribution in [0.4, 0.5) is 4.39 Å². The van der Waals surface area contributed by atoms with Gasteiger partial charge in [-0.3, -0.25) is 9.59 Å². The van der Waals surface area contributed by atoms with Crippen molar-refractivity contribution in [1.29, 1.82) is 0 Å². The molecular weight excluding hydrogens is 321 g/mol. The summed E-state index contributed by atoms with van der Waals surface area (Å²) in [7, 11) is 0. The zero-order valence-electron chi connectivity index (χ0n) is 13.9. The van der Waals surface area contributed by atoms with E-state index in [-0.39, 0.29) is 24.3 Å². The Balaban J connectivity index is 1.59. The lowest BCUT2D eigenvalue weighted by Crippen LogP contribution is -2.33. The molecule has 1 fully saturated rings. The van der Waals surface area contributed by atoms with Crippen LogP contribution in [0.3, 0.4) is 0 Å². The predicted octanol–water partition coefficient (Wildman–Crippen LogP) is 3.22. The summed E-state index contributed by atoms with van der Waals surface area (Å²) >= 11 is 0. The Labute approximate surface area is 145 Å². The van der Waals surface area contributed by atoms with E-state index in [0.29, 0.717) is 5.56 Å². The number of aryl methyl sites for hydroxylation is 1. The largest absolute Gasteiger partial charge is 0.481 e. The van der Waals surface area contributed by atoms with Gasteiger partial charge in [-0.15, -0.1) is 0 Å². The first-order valence-electron chi connectivity index (χ1n) is 8.28. The number of aliphatic carboxylic acids is 1. The summed E-state index contributed by atoms with van der Waals surface area (Å²) in [6, 6.07) is 13.4. The predicted molar refractivity (Wildman–Crippen MR) is 91.8 cm³/mol. The van der Waals surface area contributed by atoms with Gasteiger partial charge in [0.25, 0.3) is 0 Å². The number of carbonyl (C=O) groups excluding carboxylic acids is 1. The summed E-state index contributed by atoms with van der Waals surface area (Å²) in [5.41, 5.74) is 2.78. The van der Waals surface area contributed by atoms with Crippen LogP contribution in [-0.4, -0.2) is 23.5 Å². The molecule has 1 saturated carbocycles. The number of nitrogens with one attached hydrogen (secondary N) is 1. The van der Waals surface area contributed by atoms with Crippen molar-refractivity contribution in [2.45, 2.75) is 25.2 Å². The summed E-state index contributed by atoms with van der Waals surface area (Å²) in [5, 5.41) is 12.1. The molecule has 0 bridgehead atoms. The van der Waals surface area contributed by atoms with E-state index in [1.54, 1.807) is 0 Å². The monoisotopic (exact) mass is 341 g/mol. The van der Waals surface area contributed by atoms with Gasteiger partial charge in [-0.05, 0) is 42.5 Å². The van der Waals surface area contributed by atoms with Crippen molar-refractivity contribution in [3.8, 4) is 0 Å². The first kappa shape index (κ1) is 17.1. The molecule has 0 spiro atoms. The fourth-order valence-electron chi connectivity index (χ4n) is 3.13. The van der Waals surface area contributed by atoms with E-state index in [0.717, 1.165) is 17.5 Å². The highest BCUT2D eigenvalue weighted by Crippen LogP contribution is 2.47. The number of hydrogen-bond donors (Lipinski definition) is 2. The maximum atomic E-state index is 13.0. The molecule has 2 N–H and O–H groups in total. The van der Waals surface area contributed by atoms with Crippen molar-refractivity contribution in [2.24, 2.45) is 5.92 Å². The molecule has 0 radical (unpaired) electrons. The standard InChI is InChI=1S/C20H20FNO3/c1-12-3-2-4-14(9-12)16-10-17(16)19(23)22-11-18(20(24)25)13-5-7-15(21)8-6-13/h2-9,16-18H,10-11H2,1H3,(H,22,23)(H,24,25)/t16-,17+,18?/m0/s1. The molecule has 25 heavy (non-hydrogen) atoms. The normalized spacial score (nSPS) is 19.9. The van der Waals surface area contributed by atoms with E-state index < -0.39 is 17.7 Å². The molecule has 0 aliphatic heterocycles. The topological polar surface area (TPSA) is 66.4 Å².